The fraction of sp³-hybridized carbons (Fsp3) is 0.733. The average molecular weight is 220 g/mol. The molecule has 16 heavy (non-hydrogen) atoms. The van der Waals surface area contributed by atoms with E-state index in [2.05, 4.69) is 19.6 Å². The molecule has 0 aromatic heterocycles. The monoisotopic (exact) mass is 220 g/mol. The molecule has 2 saturated carbocycles. The largest absolute Gasteiger partial charge is 0.392 e. The molecule has 0 aromatic rings. The van der Waals surface area contributed by atoms with Crippen molar-refractivity contribution in [2.75, 3.05) is 6.61 Å². The van der Waals surface area contributed by atoms with Crippen molar-refractivity contribution in [1.82, 2.24) is 0 Å². The first kappa shape index (κ1) is 11.9. The molecule has 0 aromatic carbocycles. The lowest BCUT2D eigenvalue weighted by atomic mass is 9.69. The van der Waals surface area contributed by atoms with Gasteiger partial charge >= 0.3 is 0 Å². The fourth-order valence-corrected chi connectivity index (χ4v) is 3.65. The third kappa shape index (κ3) is 1.86. The topological polar surface area (TPSA) is 20.2 Å². The van der Waals surface area contributed by atoms with E-state index in [-0.39, 0.29) is 6.61 Å². The molecule has 0 saturated heterocycles. The molecule has 0 aliphatic heterocycles. The van der Waals surface area contributed by atoms with Gasteiger partial charge in [0.25, 0.3) is 0 Å². The van der Waals surface area contributed by atoms with Gasteiger partial charge in [-0.2, -0.15) is 0 Å². The third-order valence-corrected chi connectivity index (χ3v) is 4.97. The molecule has 2 bridgehead atoms. The molecule has 0 amide bonds. The highest BCUT2D eigenvalue weighted by Crippen LogP contribution is 2.60. The fourth-order valence-electron chi connectivity index (χ4n) is 3.65. The average Bonchev–Trinajstić information content (AvgIpc) is 2.83. The van der Waals surface area contributed by atoms with Gasteiger partial charge in [0.05, 0.1) is 6.61 Å². The van der Waals surface area contributed by atoms with Gasteiger partial charge in [0, 0.05) is 0 Å². The molecule has 2 aliphatic carbocycles. The summed E-state index contributed by atoms with van der Waals surface area (Å²) in [6.07, 6.45) is 8.66. The number of hydrogen-bond acceptors (Lipinski definition) is 1. The van der Waals surface area contributed by atoms with Gasteiger partial charge in [-0.3, -0.25) is 0 Å². The van der Waals surface area contributed by atoms with Crippen LogP contribution < -0.4 is 0 Å². The summed E-state index contributed by atoms with van der Waals surface area (Å²) in [6.45, 7) is 8.94. The second kappa shape index (κ2) is 4.37. The Labute approximate surface area is 99.3 Å². The van der Waals surface area contributed by atoms with Crippen LogP contribution in [0.2, 0.25) is 0 Å². The molecule has 1 nitrogen and oxygen atoms in total. The predicted octanol–water partition coefficient (Wildman–Crippen LogP) is 3.70. The second-order valence-electron chi connectivity index (χ2n) is 5.90. The molecule has 1 N–H and O–H groups in total. The molecule has 0 heterocycles. The lowest BCUT2D eigenvalue weighted by Gasteiger charge is -2.36. The number of hydrogen-bond donors (Lipinski definition) is 1. The Bertz CT molecular complexity index is 315. The molecular formula is C15H24O. The highest BCUT2D eigenvalue weighted by molar-refractivity contribution is 5.24. The quantitative estimate of drug-likeness (QED) is 0.716. The normalized spacial score (nSPS) is 38.4. The zero-order valence-electron chi connectivity index (χ0n) is 10.6. The Morgan fingerprint density at radius 1 is 1.56 bits per heavy atom. The summed E-state index contributed by atoms with van der Waals surface area (Å²) in [6, 6.07) is 0. The summed E-state index contributed by atoms with van der Waals surface area (Å²) < 4.78 is 0. The highest BCUT2D eigenvalue weighted by Gasteiger charge is 2.49. The SMILES string of the molecule is C=C1[C@H]2CC[C@@H](C2)[C@]1(C)CC/C=C(\C)CO. The molecule has 0 radical (unpaired) electrons. The molecule has 0 unspecified atom stereocenters. The Hall–Kier alpha value is -0.560. The van der Waals surface area contributed by atoms with Crippen LogP contribution in [0.4, 0.5) is 0 Å². The van der Waals surface area contributed by atoms with Crippen molar-refractivity contribution in [3.63, 3.8) is 0 Å². The zero-order valence-corrected chi connectivity index (χ0v) is 10.6. The van der Waals surface area contributed by atoms with E-state index in [9.17, 15) is 0 Å². The summed E-state index contributed by atoms with van der Waals surface area (Å²) in [5.74, 6) is 1.70. The lowest BCUT2D eigenvalue weighted by Crippen LogP contribution is -2.26. The molecule has 0 spiro atoms. The molecule has 3 atom stereocenters. The van der Waals surface area contributed by atoms with Crippen LogP contribution in [-0.2, 0) is 0 Å². The standard InChI is InChI=1S/C15H24O/c1-11(10-16)5-4-8-15(3)12(2)13-6-7-14(15)9-13/h5,13-14,16H,2,4,6-10H2,1,3H3/b11-5+/t13-,14-,15+/m0/s1. The van der Waals surface area contributed by atoms with Gasteiger partial charge in [-0.15, -0.1) is 0 Å². The predicted molar refractivity (Wildman–Crippen MR) is 68.2 cm³/mol. The number of fused-ring (bicyclic) bond motifs is 2. The maximum absolute atomic E-state index is 8.96. The minimum atomic E-state index is 0.198. The summed E-state index contributed by atoms with van der Waals surface area (Å²) in [5.41, 5.74) is 2.99. The molecular weight excluding hydrogens is 196 g/mol. The number of allylic oxidation sites excluding steroid dienone is 2. The van der Waals surface area contributed by atoms with Crippen molar-refractivity contribution in [1.29, 1.82) is 0 Å². The first-order valence-electron chi connectivity index (χ1n) is 6.53. The molecule has 2 rings (SSSR count). The van der Waals surface area contributed by atoms with E-state index in [4.69, 9.17) is 5.11 Å². The van der Waals surface area contributed by atoms with Gasteiger partial charge in [-0.1, -0.05) is 30.7 Å². The summed E-state index contributed by atoms with van der Waals surface area (Å²) in [4.78, 5) is 0. The smallest absolute Gasteiger partial charge is 0.0639 e. The van der Waals surface area contributed by atoms with E-state index in [1.165, 1.54) is 31.3 Å². The van der Waals surface area contributed by atoms with Crippen molar-refractivity contribution < 1.29 is 5.11 Å². The van der Waals surface area contributed by atoms with E-state index in [1.807, 2.05) is 6.92 Å². The maximum atomic E-state index is 8.96. The first-order valence-corrected chi connectivity index (χ1v) is 6.53. The van der Waals surface area contributed by atoms with Crippen LogP contribution in [0.15, 0.2) is 23.8 Å². The van der Waals surface area contributed by atoms with Gasteiger partial charge in [-0.05, 0) is 56.3 Å². The Balaban J connectivity index is 1.96. The number of aliphatic hydroxyl groups excluding tert-OH is 1. The van der Waals surface area contributed by atoms with Gasteiger partial charge in [-0.25, -0.2) is 0 Å². The van der Waals surface area contributed by atoms with E-state index in [0.29, 0.717) is 5.41 Å². The van der Waals surface area contributed by atoms with Crippen molar-refractivity contribution in [3.05, 3.63) is 23.8 Å². The van der Waals surface area contributed by atoms with Crippen LogP contribution in [0, 0.1) is 17.3 Å². The van der Waals surface area contributed by atoms with Crippen molar-refractivity contribution in [2.24, 2.45) is 17.3 Å². The Kier molecular flexibility index (Phi) is 3.25. The highest BCUT2D eigenvalue weighted by atomic mass is 16.3. The first-order chi connectivity index (χ1) is 7.58. The van der Waals surface area contributed by atoms with Crippen molar-refractivity contribution >= 4 is 0 Å². The van der Waals surface area contributed by atoms with E-state index < -0.39 is 0 Å². The number of rotatable bonds is 4. The van der Waals surface area contributed by atoms with Crippen LogP contribution in [0.5, 0.6) is 0 Å². The van der Waals surface area contributed by atoms with Gasteiger partial charge in [0.2, 0.25) is 0 Å². The van der Waals surface area contributed by atoms with Crippen LogP contribution in [0.25, 0.3) is 0 Å². The van der Waals surface area contributed by atoms with Crippen LogP contribution in [0.3, 0.4) is 0 Å². The van der Waals surface area contributed by atoms with E-state index in [0.717, 1.165) is 23.8 Å². The summed E-state index contributed by atoms with van der Waals surface area (Å²) in [7, 11) is 0. The van der Waals surface area contributed by atoms with E-state index in [1.54, 1.807) is 0 Å². The van der Waals surface area contributed by atoms with Gasteiger partial charge in [0.15, 0.2) is 0 Å². The molecule has 2 fully saturated rings. The minimum Gasteiger partial charge on any atom is -0.392 e. The Morgan fingerprint density at radius 3 is 2.88 bits per heavy atom. The van der Waals surface area contributed by atoms with E-state index >= 15 is 0 Å². The van der Waals surface area contributed by atoms with Gasteiger partial charge < -0.3 is 5.11 Å². The zero-order chi connectivity index (χ0) is 11.8. The van der Waals surface area contributed by atoms with Crippen LogP contribution in [0.1, 0.15) is 46.0 Å². The maximum Gasteiger partial charge on any atom is 0.0639 e. The summed E-state index contributed by atoms with van der Waals surface area (Å²) >= 11 is 0. The van der Waals surface area contributed by atoms with Crippen LogP contribution >= 0.6 is 0 Å². The lowest BCUT2D eigenvalue weighted by molar-refractivity contribution is 0.240. The number of aliphatic hydroxyl groups is 1. The summed E-state index contributed by atoms with van der Waals surface area (Å²) in [5, 5.41) is 8.96. The van der Waals surface area contributed by atoms with Crippen molar-refractivity contribution in [3.8, 4) is 0 Å². The molecule has 2 aliphatic rings. The third-order valence-electron chi connectivity index (χ3n) is 4.97. The van der Waals surface area contributed by atoms with Crippen molar-refractivity contribution in [2.45, 2.75) is 46.0 Å². The Morgan fingerprint density at radius 2 is 2.31 bits per heavy atom. The van der Waals surface area contributed by atoms with Crippen LogP contribution in [-0.4, -0.2) is 11.7 Å². The minimum absolute atomic E-state index is 0.198. The van der Waals surface area contributed by atoms with Gasteiger partial charge in [0.1, 0.15) is 0 Å². The molecule has 1 heteroatoms. The second-order valence-corrected chi connectivity index (χ2v) is 5.90. The molecule has 90 valence electrons.